The molecule has 2 rings (SSSR count). The number of alkyl halides is 4. The third-order valence-corrected chi connectivity index (χ3v) is 4.76. The number of aromatic nitrogens is 3. The lowest BCUT2D eigenvalue weighted by Gasteiger charge is -2.15. The second-order valence-corrected chi connectivity index (χ2v) is 6.90. The van der Waals surface area contributed by atoms with Gasteiger partial charge in [-0.1, -0.05) is 6.92 Å². The number of halogens is 4. The second-order valence-electron chi connectivity index (χ2n) is 4.65. The molecule has 0 unspecified atom stereocenters. The molecule has 0 aliphatic heterocycles. The van der Waals surface area contributed by atoms with Crippen LogP contribution < -0.4 is 9.47 Å². The highest BCUT2D eigenvalue weighted by molar-refractivity contribution is 7.91. The van der Waals surface area contributed by atoms with Crippen molar-refractivity contribution in [1.29, 1.82) is 0 Å². The molecule has 0 saturated heterocycles. The summed E-state index contributed by atoms with van der Waals surface area (Å²) in [5, 5.41) is 11.9. The Balaban J connectivity index is 2.45. The number of sulfone groups is 1. The van der Waals surface area contributed by atoms with Crippen molar-refractivity contribution in [2.24, 2.45) is 0 Å². The minimum Gasteiger partial charge on any atom is -0.618 e. The van der Waals surface area contributed by atoms with Crippen molar-refractivity contribution in [2.75, 3.05) is 5.75 Å². The summed E-state index contributed by atoms with van der Waals surface area (Å²) in [6.07, 6.45) is -6.47. The van der Waals surface area contributed by atoms with E-state index in [9.17, 15) is 31.2 Å². The first-order valence-corrected chi connectivity index (χ1v) is 8.36. The Kier molecular flexibility index (Phi) is 5.11. The Labute approximate surface area is 139 Å². The van der Waals surface area contributed by atoms with Gasteiger partial charge in [-0.2, -0.15) is 22.3 Å². The number of ether oxygens (including phenoxy) is 1. The Morgan fingerprint density at radius 1 is 1.32 bits per heavy atom. The first-order valence-electron chi connectivity index (χ1n) is 6.71. The van der Waals surface area contributed by atoms with Gasteiger partial charge in [0.1, 0.15) is 4.90 Å². The van der Waals surface area contributed by atoms with Crippen molar-refractivity contribution in [3.63, 3.8) is 0 Å². The molecule has 0 N–H and O–H groups in total. The van der Waals surface area contributed by atoms with Crippen LogP contribution >= 0.6 is 0 Å². The quantitative estimate of drug-likeness (QED) is 0.430. The molecule has 0 amide bonds. The highest BCUT2D eigenvalue weighted by Gasteiger charge is 2.44. The van der Waals surface area contributed by atoms with Gasteiger partial charge >= 0.3 is 12.5 Å². The van der Waals surface area contributed by atoms with Crippen LogP contribution in [-0.4, -0.2) is 36.7 Å². The molecule has 0 spiro atoms. The standard InChI is InChI=1S/C13H11F4N3O4S/c1-2-25(22,23)9-4-3-5-20(21)11(9)8-6-19-10(7-18-8)24-13(16,17)12(14)15/h3-7,12H,2H2,1H3. The minimum atomic E-state index is -4.77. The van der Waals surface area contributed by atoms with Gasteiger partial charge in [0.25, 0.3) is 5.69 Å². The fraction of sp³-hybridized carbons (Fsp3) is 0.308. The van der Waals surface area contributed by atoms with Gasteiger partial charge in [-0.25, -0.2) is 18.4 Å². The monoisotopic (exact) mass is 381 g/mol. The fourth-order valence-corrected chi connectivity index (χ4v) is 2.88. The van der Waals surface area contributed by atoms with Crippen LogP contribution in [0.25, 0.3) is 11.4 Å². The van der Waals surface area contributed by atoms with E-state index in [1.54, 1.807) is 0 Å². The Hall–Kier alpha value is -2.50. The Morgan fingerprint density at radius 3 is 2.52 bits per heavy atom. The molecule has 0 aliphatic rings. The van der Waals surface area contributed by atoms with E-state index in [0.717, 1.165) is 12.4 Å². The van der Waals surface area contributed by atoms with E-state index in [-0.39, 0.29) is 26.8 Å². The number of pyridine rings is 1. The summed E-state index contributed by atoms with van der Waals surface area (Å²) >= 11 is 0. The van der Waals surface area contributed by atoms with Crippen LogP contribution in [0, 0.1) is 5.21 Å². The largest absolute Gasteiger partial charge is 0.618 e. The number of rotatable bonds is 6. The molecule has 12 heteroatoms. The SMILES string of the molecule is CCS(=O)(=O)c1ccc[n+]([O-])c1-c1cnc(OC(F)(F)C(F)F)cn1. The fourth-order valence-electron chi connectivity index (χ4n) is 1.79. The van der Waals surface area contributed by atoms with Gasteiger partial charge in [0.05, 0.1) is 18.1 Å². The smallest absolute Gasteiger partial charge is 0.462 e. The van der Waals surface area contributed by atoms with Crippen LogP contribution in [0.5, 0.6) is 5.88 Å². The molecule has 2 aromatic heterocycles. The normalized spacial score (nSPS) is 12.4. The summed E-state index contributed by atoms with van der Waals surface area (Å²) in [5.41, 5.74) is -0.626. The zero-order chi connectivity index (χ0) is 18.8. The van der Waals surface area contributed by atoms with Gasteiger partial charge in [0.2, 0.25) is 5.88 Å². The van der Waals surface area contributed by atoms with Gasteiger partial charge in [-0.05, 0) is 6.07 Å². The second kappa shape index (κ2) is 6.78. The van der Waals surface area contributed by atoms with E-state index in [4.69, 9.17) is 0 Å². The van der Waals surface area contributed by atoms with E-state index in [1.165, 1.54) is 19.1 Å². The minimum absolute atomic E-state index is 0.223. The molecule has 0 aromatic carbocycles. The summed E-state index contributed by atoms with van der Waals surface area (Å²) in [4.78, 5) is 6.65. The van der Waals surface area contributed by atoms with Crippen molar-refractivity contribution in [1.82, 2.24) is 9.97 Å². The topological polar surface area (TPSA) is 96.1 Å². The predicted octanol–water partition coefficient (Wildman–Crippen LogP) is 1.81. The number of hydrogen-bond donors (Lipinski definition) is 0. The van der Waals surface area contributed by atoms with Crippen LogP contribution in [-0.2, 0) is 9.84 Å². The van der Waals surface area contributed by atoms with E-state index >= 15 is 0 Å². The average Bonchev–Trinajstić information content (AvgIpc) is 2.55. The zero-order valence-electron chi connectivity index (χ0n) is 12.6. The lowest BCUT2D eigenvalue weighted by Crippen LogP contribution is -2.34. The maximum Gasteiger partial charge on any atom is 0.462 e. The molecule has 25 heavy (non-hydrogen) atoms. The summed E-state index contributed by atoms with van der Waals surface area (Å²) < 4.78 is 77.9. The van der Waals surface area contributed by atoms with Crippen LogP contribution in [0.2, 0.25) is 0 Å². The third-order valence-electron chi connectivity index (χ3n) is 3.00. The zero-order valence-corrected chi connectivity index (χ0v) is 13.4. The van der Waals surface area contributed by atoms with Crippen molar-refractivity contribution in [3.8, 4) is 17.3 Å². The van der Waals surface area contributed by atoms with E-state index in [0.29, 0.717) is 6.20 Å². The highest BCUT2D eigenvalue weighted by Crippen LogP contribution is 2.27. The molecular weight excluding hydrogens is 370 g/mol. The van der Waals surface area contributed by atoms with Crippen molar-refractivity contribution < 1.29 is 35.4 Å². The molecule has 0 radical (unpaired) electrons. The van der Waals surface area contributed by atoms with Gasteiger partial charge in [0.15, 0.2) is 21.7 Å². The van der Waals surface area contributed by atoms with Gasteiger partial charge < -0.3 is 9.94 Å². The molecule has 7 nitrogen and oxygen atoms in total. The molecule has 136 valence electrons. The Morgan fingerprint density at radius 2 is 2.00 bits per heavy atom. The van der Waals surface area contributed by atoms with E-state index in [2.05, 4.69) is 14.7 Å². The summed E-state index contributed by atoms with van der Waals surface area (Å²) in [6.45, 7) is 1.37. The number of hydrogen-bond acceptors (Lipinski definition) is 6. The average molecular weight is 381 g/mol. The number of nitrogens with zero attached hydrogens (tertiary/aromatic N) is 3. The molecule has 0 saturated carbocycles. The maximum absolute atomic E-state index is 12.8. The van der Waals surface area contributed by atoms with Gasteiger partial charge in [-0.3, -0.25) is 0 Å². The molecule has 0 bridgehead atoms. The van der Waals surface area contributed by atoms with Crippen LogP contribution in [0.15, 0.2) is 35.6 Å². The molecule has 2 aromatic rings. The molecular formula is C13H11F4N3O4S. The maximum atomic E-state index is 12.8. The summed E-state index contributed by atoms with van der Waals surface area (Å²) in [6, 6.07) is 2.40. The van der Waals surface area contributed by atoms with Gasteiger partial charge in [-0.15, -0.1) is 0 Å². The lowest BCUT2D eigenvalue weighted by molar-refractivity contribution is -0.595. The molecule has 0 fully saturated rings. The lowest BCUT2D eigenvalue weighted by atomic mass is 10.3. The van der Waals surface area contributed by atoms with Crippen molar-refractivity contribution in [3.05, 3.63) is 35.9 Å². The predicted molar refractivity (Wildman–Crippen MR) is 75.7 cm³/mol. The van der Waals surface area contributed by atoms with Crippen molar-refractivity contribution >= 4 is 9.84 Å². The first kappa shape index (κ1) is 18.8. The highest BCUT2D eigenvalue weighted by atomic mass is 32.2. The van der Waals surface area contributed by atoms with E-state index < -0.39 is 28.3 Å². The van der Waals surface area contributed by atoms with Gasteiger partial charge in [0, 0.05) is 6.07 Å². The third kappa shape index (κ3) is 3.95. The first-order chi connectivity index (χ1) is 11.6. The van der Waals surface area contributed by atoms with Crippen LogP contribution in [0.3, 0.4) is 0 Å². The van der Waals surface area contributed by atoms with Crippen LogP contribution in [0.4, 0.5) is 17.6 Å². The van der Waals surface area contributed by atoms with Crippen molar-refractivity contribution in [2.45, 2.75) is 24.4 Å². The summed E-state index contributed by atoms with van der Waals surface area (Å²) in [7, 11) is -3.79. The Bertz CT molecular complexity index is 860. The molecule has 0 aliphatic carbocycles. The summed E-state index contributed by atoms with van der Waals surface area (Å²) in [5.74, 6) is -1.21. The van der Waals surface area contributed by atoms with Crippen LogP contribution in [0.1, 0.15) is 6.92 Å². The molecule has 2 heterocycles. The molecule has 0 atom stereocenters. The van der Waals surface area contributed by atoms with E-state index in [1.807, 2.05) is 0 Å².